The quantitative estimate of drug-likeness (QED) is 0.494. The molecule has 1 heterocycles. The summed E-state index contributed by atoms with van der Waals surface area (Å²) in [7, 11) is 0. The zero-order valence-corrected chi connectivity index (χ0v) is 13.0. The Hall–Kier alpha value is -0.650. The van der Waals surface area contributed by atoms with E-state index in [1.54, 1.807) is 12.3 Å². The zero-order valence-electron chi connectivity index (χ0n) is 9.91. The number of aromatic nitrogens is 1. The molecule has 19 heavy (non-hydrogen) atoms. The minimum Gasteiger partial charge on any atom is -0.271 e. The highest BCUT2D eigenvalue weighted by molar-refractivity contribution is 9.10. The molecule has 0 aliphatic heterocycles. The summed E-state index contributed by atoms with van der Waals surface area (Å²) in [6.45, 7) is 0. The van der Waals surface area contributed by atoms with E-state index >= 15 is 0 Å². The summed E-state index contributed by atoms with van der Waals surface area (Å²) in [4.78, 5) is 3.96. The molecule has 6 heteroatoms. The molecular weight excluding hydrogens is 349 g/mol. The van der Waals surface area contributed by atoms with E-state index < -0.39 is 0 Å². The smallest absolute Gasteiger partial charge is 0.129 e. The molecule has 0 fully saturated rings. The molecule has 0 saturated carbocycles. The van der Waals surface area contributed by atoms with Gasteiger partial charge in [-0.3, -0.25) is 11.3 Å². The van der Waals surface area contributed by atoms with Gasteiger partial charge in [0.05, 0.1) is 6.04 Å². The lowest BCUT2D eigenvalue weighted by molar-refractivity contribution is 0.551. The Labute approximate surface area is 130 Å². The van der Waals surface area contributed by atoms with Crippen LogP contribution in [0.15, 0.2) is 41.0 Å². The lowest BCUT2D eigenvalue weighted by Gasteiger charge is -2.17. The zero-order chi connectivity index (χ0) is 13.8. The minimum atomic E-state index is -0.0702. The van der Waals surface area contributed by atoms with Gasteiger partial charge in [0, 0.05) is 15.7 Å². The number of hydrogen-bond acceptors (Lipinski definition) is 3. The van der Waals surface area contributed by atoms with Crippen LogP contribution in [-0.4, -0.2) is 4.98 Å². The van der Waals surface area contributed by atoms with Crippen LogP contribution in [0.3, 0.4) is 0 Å². The Morgan fingerprint density at radius 3 is 2.68 bits per heavy atom. The van der Waals surface area contributed by atoms with Crippen molar-refractivity contribution in [3.63, 3.8) is 0 Å². The molecule has 0 amide bonds. The van der Waals surface area contributed by atoms with Gasteiger partial charge < -0.3 is 0 Å². The van der Waals surface area contributed by atoms with Gasteiger partial charge >= 0.3 is 0 Å². The van der Waals surface area contributed by atoms with Crippen LogP contribution < -0.4 is 11.3 Å². The Bertz CT molecular complexity index is 578. The van der Waals surface area contributed by atoms with E-state index in [9.17, 15) is 0 Å². The molecule has 0 aliphatic rings. The Morgan fingerprint density at radius 2 is 2.05 bits per heavy atom. The average molecular weight is 361 g/mol. The number of pyridine rings is 1. The van der Waals surface area contributed by atoms with Gasteiger partial charge in [0.1, 0.15) is 5.15 Å². The average Bonchev–Trinajstić information content (AvgIpc) is 2.38. The van der Waals surface area contributed by atoms with Gasteiger partial charge in [-0.1, -0.05) is 45.2 Å². The molecule has 100 valence electrons. The second-order valence-electron chi connectivity index (χ2n) is 4.07. The van der Waals surface area contributed by atoms with Crippen molar-refractivity contribution >= 4 is 39.1 Å². The maximum atomic E-state index is 6.21. The summed E-state index contributed by atoms with van der Waals surface area (Å²) in [5.74, 6) is 5.62. The number of hydrogen-bond donors (Lipinski definition) is 2. The summed E-state index contributed by atoms with van der Waals surface area (Å²) >= 11 is 15.5. The molecule has 2 rings (SSSR count). The normalized spacial score (nSPS) is 12.4. The first-order valence-corrected chi connectivity index (χ1v) is 7.16. The van der Waals surface area contributed by atoms with Crippen LogP contribution in [-0.2, 0) is 6.42 Å². The SMILES string of the molecule is NNC(Cc1ccc(Br)cc1Cl)c1ccnc(Cl)c1. The molecule has 0 radical (unpaired) electrons. The highest BCUT2D eigenvalue weighted by atomic mass is 79.9. The van der Waals surface area contributed by atoms with E-state index in [0.717, 1.165) is 15.6 Å². The molecule has 1 unspecified atom stereocenters. The molecule has 0 aliphatic carbocycles. The van der Waals surface area contributed by atoms with E-state index in [2.05, 4.69) is 26.3 Å². The van der Waals surface area contributed by atoms with E-state index in [4.69, 9.17) is 29.0 Å². The molecule has 3 N–H and O–H groups in total. The first-order chi connectivity index (χ1) is 9.10. The van der Waals surface area contributed by atoms with Crippen LogP contribution in [0.4, 0.5) is 0 Å². The van der Waals surface area contributed by atoms with Gasteiger partial charge in [0.15, 0.2) is 0 Å². The van der Waals surface area contributed by atoms with Crippen molar-refractivity contribution < 1.29 is 0 Å². The minimum absolute atomic E-state index is 0.0702. The predicted molar refractivity (Wildman–Crippen MR) is 82.2 cm³/mol. The third-order valence-corrected chi connectivity index (χ3v) is 3.85. The fourth-order valence-electron chi connectivity index (χ4n) is 1.81. The van der Waals surface area contributed by atoms with Crippen LogP contribution >= 0.6 is 39.1 Å². The van der Waals surface area contributed by atoms with Crippen molar-refractivity contribution in [2.24, 2.45) is 5.84 Å². The summed E-state index contributed by atoms with van der Waals surface area (Å²) in [6, 6.07) is 9.39. The largest absolute Gasteiger partial charge is 0.271 e. The third-order valence-electron chi connectivity index (χ3n) is 2.79. The number of hydrazine groups is 1. The second kappa shape index (κ2) is 6.68. The highest BCUT2D eigenvalue weighted by Crippen LogP contribution is 2.26. The number of nitrogens with two attached hydrogens (primary N) is 1. The van der Waals surface area contributed by atoms with E-state index in [0.29, 0.717) is 16.6 Å². The fourth-order valence-corrected chi connectivity index (χ4v) is 2.75. The van der Waals surface area contributed by atoms with Crippen LogP contribution in [0.1, 0.15) is 17.2 Å². The molecule has 1 atom stereocenters. The summed E-state index contributed by atoms with van der Waals surface area (Å²) in [5, 5.41) is 1.15. The predicted octanol–water partition coefficient (Wildman–Crippen LogP) is 3.90. The van der Waals surface area contributed by atoms with Crippen molar-refractivity contribution in [2.75, 3.05) is 0 Å². The Morgan fingerprint density at radius 1 is 1.26 bits per heavy atom. The summed E-state index contributed by atoms with van der Waals surface area (Å²) in [5.41, 5.74) is 4.77. The maximum Gasteiger partial charge on any atom is 0.129 e. The van der Waals surface area contributed by atoms with Crippen LogP contribution in [0.2, 0.25) is 10.2 Å². The number of nitrogens with zero attached hydrogens (tertiary/aromatic N) is 1. The monoisotopic (exact) mass is 359 g/mol. The van der Waals surface area contributed by atoms with Gasteiger partial charge in [0.2, 0.25) is 0 Å². The van der Waals surface area contributed by atoms with Crippen molar-refractivity contribution in [3.05, 3.63) is 62.3 Å². The highest BCUT2D eigenvalue weighted by Gasteiger charge is 2.13. The maximum absolute atomic E-state index is 6.21. The molecule has 2 aromatic rings. The lowest BCUT2D eigenvalue weighted by atomic mass is 10.0. The van der Waals surface area contributed by atoms with Crippen molar-refractivity contribution in [3.8, 4) is 0 Å². The second-order valence-corrected chi connectivity index (χ2v) is 5.78. The number of nitrogens with one attached hydrogen (secondary N) is 1. The van der Waals surface area contributed by atoms with Crippen LogP contribution in [0.5, 0.6) is 0 Å². The molecule has 1 aromatic heterocycles. The Balaban J connectivity index is 2.24. The number of benzene rings is 1. The van der Waals surface area contributed by atoms with Gasteiger partial charge in [0.25, 0.3) is 0 Å². The van der Waals surface area contributed by atoms with Crippen molar-refractivity contribution in [1.29, 1.82) is 0 Å². The van der Waals surface area contributed by atoms with E-state index in [-0.39, 0.29) is 6.04 Å². The first-order valence-electron chi connectivity index (χ1n) is 5.61. The lowest BCUT2D eigenvalue weighted by Crippen LogP contribution is -2.29. The van der Waals surface area contributed by atoms with E-state index in [1.165, 1.54) is 0 Å². The van der Waals surface area contributed by atoms with Gasteiger partial charge in [-0.05, 0) is 41.8 Å². The molecule has 0 saturated heterocycles. The number of rotatable bonds is 4. The van der Waals surface area contributed by atoms with Crippen molar-refractivity contribution in [2.45, 2.75) is 12.5 Å². The van der Waals surface area contributed by atoms with Gasteiger partial charge in [-0.2, -0.15) is 0 Å². The number of halogens is 3. The molecule has 3 nitrogen and oxygen atoms in total. The van der Waals surface area contributed by atoms with Crippen molar-refractivity contribution in [1.82, 2.24) is 10.4 Å². The van der Waals surface area contributed by atoms with Crippen LogP contribution in [0.25, 0.3) is 0 Å². The van der Waals surface area contributed by atoms with Crippen LogP contribution in [0, 0.1) is 0 Å². The summed E-state index contributed by atoms with van der Waals surface area (Å²) < 4.78 is 0.950. The topological polar surface area (TPSA) is 50.9 Å². The molecule has 0 bridgehead atoms. The summed E-state index contributed by atoms with van der Waals surface area (Å²) in [6.07, 6.45) is 2.33. The van der Waals surface area contributed by atoms with Gasteiger partial charge in [-0.25, -0.2) is 4.98 Å². The Kier molecular flexibility index (Phi) is 5.19. The standard InChI is InChI=1S/C13H12BrCl2N3/c14-10-2-1-8(11(15)7-10)5-12(19-17)9-3-4-18-13(16)6-9/h1-4,6-7,12,19H,5,17H2. The van der Waals surface area contributed by atoms with Gasteiger partial charge in [-0.15, -0.1) is 0 Å². The molecule has 0 spiro atoms. The fraction of sp³-hybridized carbons (Fsp3) is 0.154. The molecular formula is C13H12BrCl2N3. The first kappa shape index (κ1) is 14.8. The molecule has 1 aromatic carbocycles. The third kappa shape index (κ3) is 3.91. The van der Waals surface area contributed by atoms with E-state index in [1.807, 2.05) is 24.3 Å².